The lowest BCUT2D eigenvalue weighted by Crippen LogP contribution is -1.96. The molecular weight excluding hydrogens is 289 g/mol. The lowest BCUT2D eigenvalue weighted by Gasteiger charge is -2.05. The molecule has 2 aromatic rings. The highest BCUT2D eigenvalue weighted by molar-refractivity contribution is 7.98. The third-order valence-corrected chi connectivity index (χ3v) is 4.00. The van der Waals surface area contributed by atoms with Gasteiger partial charge in [0.1, 0.15) is 5.82 Å². The van der Waals surface area contributed by atoms with Crippen molar-refractivity contribution in [3.8, 4) is 0 Å². The number of nitrogens with zero attached hydrogens (tertiary/aromatic N) is 2. The van der Waals surface area contributed by atoms with Crippen LogP contribution in [-0.2, 0) is 5.75 Å². The highest BCUT2D eigenvalue weighted by atomic mass is 35.5. The number of anilines is 1. The number of halogens is 2. The standard InChI is InChI=1S/C12H11Cl2N3S/c1-7-5-10(15)17-12(16-7)18-6-8-3-2-4-9(13)11(8)14/h2-5H,6H2,1H3,(H2,15,16,17). The summed E-state index contributed by atoms with van der Waals surface area (Å²) in [4.78, 5) is 8.45. The summed E-state index contributed by atoms with van der Waals surface area (Å²) >= 11 is 13.5. The minimum absolute atomic E-state index is 0.474. The highest BCUT2D eigenvalue weighted by Gasteiger charge is 2.07. The molecule has 6 heteroatoms. The second-order valence-corrected chi connectivity index (χ2v) is 5.45. The molecule has 0 spiro atoms. The van der Waals surface area contributed by atoms with Crippen molar-refractivity contribution in [1.29, 1.82) is 0 Å². The number of nitrogens with two attached hydrogens (primary N) is 1. The zero-order valence-corrected chi connectivity index (χ0v) is 12.0. The Morgan fingerprint density at radius 2 is 2.06 bits per heavy atom. The molecule has 0 saturated carbocycles. The maximum atomic E-state index is 6.11. The van der Waals surface area contributed by atoms with Gasteiger partial charge in [0, 0.05) is 17.5 Å². The van der Waals surface area contributed by atoms with Crippen molar-refractivity contribution in [3.63, 3.8) is 0 Å². The molecule has 0 aliphatic rings. The first kappa shape index (κ1) is 13.5. The fourth-order valence-corrected chi connectivity index (χ4v) is 2.80. The summed E-state index contributed by atoms with van der Waals surface area (Å²) in [6.07, 6.45) is 0. The summed E-state index contributed by atoms with van der Waals surface area (Å²) in [7, 11) is 0. The molecule has 2 N–H and O–H groups in total. The minimum Gasteiger partial charge on any atom is -0.384 e. The van der Waals surface area contributed by atoms with Crippen LogP contribution in [-0.4, -0.2) is 9.97 Å². The second kappa shape index (κ2) is 5.78. The number of benzene rings is 1. The van der Waals surface area contributed by atoms with E-state index in [1.54, 1.807) is 12.1 Å². The number of aromatic nitrogens is 2. The molecule has 1 heterocycles. The zero-order valence-electron chi connectivity index (χ0n) is 9.65. The van der Waals surface area contributed by atoms with Crippen LogP contribution in [0.1, 0.15) is 11.3 Å². The largest absolute Gasteiger partial charge is 0.384 e. The maximum absolute atomic E-state index is 6.11. The van der Waals surface area contributed by atoms with Gasteiger partial charge in [0.25, 0.3) is 0 Å². The fourth-order valence-electron chi connectivity index (χ4n) is 1.43. The molecule has 0 radical (unpaired) electrons. The van der Waals surface area contributed by atoms with E-state index in [1.807, 2.05) is 19.1 Å². The summed E-state index contributed by atoms with van der Waals surface area (Å²) in [5.41, 5.74) is 7.48. The van der Waals surface area contributed by atoms with Crippen LogP contribution >= 0.6 is 35.0 Å². The van der Waals surface area contributed by atoms with Crippen molar-refractivity contribution < 1.29 is 0 Å². The molecule has 3 nitrogen and oxygen atoms in total. The molecule has 2 rings (SSSR count). The molecule has 94 valence electrons. The number of thioether (sulfide) groups is 1. The predicted molar refractivity (Wildman–Crippen MR) is 77.2 cm³/mol. The number of hydrogen-bond acceptors (Lipinski definition) is 4. The lowest BCUT2D eigenvalue weighted by molar-refractivity contribution is 0.940. The summed E-state index contributed by atoms with van der Waals surface area (Å²) in [5.74, 6) is 1.13. The first-order valence-electron chi connectivity index (χ1n) is 5.23. The molecule has 0 aliphatic heterocycles. The van der Waals surface area contributed by atoms with Gasteiger partial charge in [-0.15, -0.1) is 0 Å². The Hall–Kier alpha value is -0.970. The van der Waals surface area contributed by atoms with E-state index in [4.69, 9.17) is 28.9 Å². The van der Waals surface area contributed by atoms with Gasteiger partial charge in [-0.1, -0.05) is 47.1 Å². The van der Waals surface area contributed by atoms with Crippen molar-refractivity contribution in [2.24, 2.45) is 0 Å². The van der Waals surface area contributed by atoms with Crippen molar-refractivity contribution in [1.82, 2.24) is 9.97 Å². The van der Waals surface area contributed by atoms with E-state index < -0.39 is 0 Å². The summed E-state index contributed by atoms with van der Waals surface area (Å²) < 4.78 is 0. The van der Waals surface area contributed by atoms with Crippen molar-refractivity contribution in [2.45, 2.75) is 17.8 Å². The van der Waals surface area contributed by atoms with E-state index in [0.29, 0.717) is 26.8 Å². The van der Waals surface area contributed by atoms with Gasteiger partial charge in [-0.3, -0.25) is 0 Å². The number of nitrogen functional groups attached to an aromatic ring is 1. The molecule has 18 heavy (non-hydrogen) atoms. The molecule has 0 fully saturated rings. The van der Waals surface area contributed by atoms with Crippen molar-refractivity contribution >= 4 is 40.8 Å². The van der Waals surface area contributed by atoms with Gasteiger partial charge < -0.3 is 5.73 Å². The smallest absolute Gasteiger partial charge is 0.190 e. The first-order chi connectivity index (χ1) is 8.56. The summed E-state index contributed by atoms with van der Waals surface area (Å²) in [5, 5.41) is 1.77. The van der Waals surface area contributed by atoms with Crippen LogP contribution in [0.25, 0.3) is 0 Å². The van der Waals surface area contributed by atoms with Crippen LogP contribution in [0.4, 0.5) is 5.82 Å². The van der Waals surface area contributed by atoms with Gasteiger partial charge in [-0.25, -0.2) is 9.97 Å². The highest BCUT2D eigenvalue weighted by Crippen LogP contribution is 2.30. The molecule has 0 atom stereocenters. The molecule has 1 aromatic heterocycles. The van der Waals surface area contributed by atoms with Crippen LogP contribution in [0, 0.1) is 6.92 Å². The number of hydrogen-bond donors (Lipinski definition) is 1. The van der Waals surface area contributed by atoms with Gasteiger partial charge >= 0.3 is 0 Å². The van der Waals surface area contributed by atoms with E-state index in [0.717, 1.165) is 11.3 Å². The Morgan fingerprint density at radius 1 is 1.28 bits per heavy atom. The summed E-state index contributed by atoms with van der Waals surface area (Å²) in [6, 6.07) is 7.30. The summed E-state index contributed by atoms with van der Waals surface area (Å²) in [6.45, 7) is 1.88. The Kier molecular flexibility index (Phi) is 4.32. The van der Waals surface area contributed by atoms with Crippen LogP contribution in [0.3, 0.4) is 0 Å². The Morgan fingerprint density at radius 3 is 2.78 bits per heavy atom. The molecule has 0 aliphatic carbocycles. The van der Waals surface area contributed by atoms with Crippen molar-refractivity contribution in [2.75, 3.05) is 5.73 Å². The van der Waals surface area contributed by atoms with Gasteiger partial charge in [0.2, 0.25) is 0 Å². The van der Waals surface area contributed by atoms with E-state index in [2.05, 4.69) is 9.97 Å². The van der Waals surface area contributed by atoms with E-state index >= 15 is 0 Å². The van der Waals surface area contributed by atoms with Gasteiger partial charge in [-0.05, 0) is 18.6 Å². The first-order valence-corrected chi connectivity index (χ1v) is 6.97. The minimum atomic E-state index is 0.474. The molecule has 0 amide bonds. The Labute approximate surface area is 120 Å². The number of rotatable bonds is 3. The predicted octanol–water partition coefficient (Wildman–Crippen LogP) is 3.97. The quantitative estimate of drug-likeness (QED) is 0.688. The topological polar surface area (TPSA) is 51.8 Å². The van der Waals surface area contributed by atoms with Crippen LogP contribution in [0.2, 0.25) is 10.0 Å². The van der Waals surface area contributed by atoms with Crippen LogP contribution < -0.4 is 5.73 Å². The average Bonchev–Trinajstić information content (AvgIpc) is 2.30. The Bertz CT molecular complexity index is 555. The van der Waals surface area contributed by atoms with Crippen LogP contribution in [0.5, 0.6) is 0 Å². The average molecular weight is 300 g/mol. The van der Waals surface area contributed by atoms with Gasteiger partial charge in [-0.2, -0.15) is 0 Å². The molecule has 0 bridgehead atoms. The number of aryl methyl sites for hydroxylation is 1. The molecule has 1 aromatic carbocycles. The maximum Gasteiger partial charge on any atom is 0.190 e. The third kappa shape index (κ3) is 3.28. The monoisotopic (exact) mass is 299 g/mol. The SMILES string of the molecule is Cc1cc(N)nc(SCc2cccc(Cl)c2Cl)n1. The Balaban J connectivity index is 2.14. The van der Waals surface area contributed by atoms with E-state index in [1.165, 1.54) is 11.8 Å². The normalized spacial score (nSPS) is 10.6. The van der Waals surface area contributed by atoms with Crippen LogP contribution in [0.15, 0.2) is 29.4 Å². The second-order valence-electron chi connectivity index (χ2n) is 3.72. The lowest BCUT2D eigenvalue weighted by atomic mass is 10.2. The zero-order chi connectivity index (χ0) is 13.1. The molecular formula is C12H11Cl2N3S. The fraction of sp³-hybridized carbons (Fsp3) is 0.167. The van der Waals surface area contributed by atoms with E-state index in [-0.39, 0.29) is 0 Å². The van der Waals surface area contributed by atoms with E-state index in [9.17, 15) is 0 Å². The molecule has 0 unspecified atom stereocenters. The van der Waals surface area contributed by atoms with Gasteiger partial charge in [0.15, 0.2) is 5.16 Å². The van der Waals surface area contributed by atoms with Crippen molar-refractivity contribution in [3.05, 3.63) is 45.6 Å². The van der Waals surface area contributed by atoms with Gasteiger partial charge in [0.05, 0.1) is 10.0 Å². The third-order valence-electron chi connectivity index (χ3n) is 2.24. The molecule has 0 saturated heterocycles.